The predicted octanol–water partition coefficient (Wildman–Crippen LogP) is 3.36. The van der Waals surface area contributed by atoms with Crippen molar-refractivity contribution in [3.8, 4) is 5.75 Å². The molecule has 1 N–H and O–H groups in total. The third-order valence-electron chi connectivity index (χ3n) is 3.10. The number of rotatable bonds is 8. The second-order valence-corrected chi connectivity index (χ2v) is 5.70. The number of halogens is 1. The molecule has 22 heavy (non-hydrogen) atoms. The summed E-state index contributed by atoms with van der Waals surface area (Å²) in [5, 5.41) is 2.91. The van der Waals surface area contributed by atoms with Crippen LogP contribution >= 0.6 is 15.9 Å². The van der Waals surface area contributed by atoms with Crippen LogP contribution in [0.1, 0.15) is 18.4 Å². The fraction of sp³-hybridized carbons (Fsp3) is 0.294. The average Bonchev–Trinajstić information content (AvgIpc) is 2.54. The summed E-state index contributed by atoms with van der Waals surface area (Å²) in [5.74, 6) is 0.860. The van der Waals surface area contributed by atoms with Crippen LogP contribution < -0.4 is 10.1 Å². The summed E-state index contributed by atoms with van der Waals surface area (Å²) in [7, 11) is 0. The molecule has 0 aliphatic rings. The lowest BCUT2D eigenvalue weighted by Gasteiger charge is -2.08. The number of ether oxygens (including phenoxy) is 1. The first-order valence-electron chi connectivity index (χ1n) is 7.28. The smallest absolute Gasteiger partial charge is 0.220 e. The van der Waals surface area contributed by atoms with Crippen LogP contribution in [0.2, 0.25) is 0 Å². The highest BCUT2D eigenvalue weighted by Gasteiger charge is 2.03. The zero-order chi connectivity index (χ0) is 15.6. The van der Waals surface area contributed by atoms with Gasteiger partial charge in [-0.3, -0.25) is 9.78 Å². The molecule has 0 saturated carbocycles. The van der Waals surface area contributed by atoms with Gasteiger partial charge in [-0.25, -0.2) is 0 Å². The molecule has 0 atom stereocenters. The second kappa shape index (κ2) is 9.20. The van der Waals surface area contributed by atoms with Crippen LogP contribution in [0.25, 0.3) is 0 Å². The Bertz CT molecular complexity index is 590. The number of amides is 1. The first-order valence-corrected chi connectivity index (χ1v) is 8.08. The maximum Gasteiger partial charge on any atom is 0.220 e. The standard InChI is InChI=1S/C17H19BrN2O2/c18-15-6-1-2-7-16(15)22-12-4-8-17(21)20-11-9-14-5-3-10-19-13-14/h1-3,5-7,10,13H,4,8-9,11-12H2,(H,20,21). The molecule has 0 saturated heterocycles. The van der Waals surface area contributed by atoms with E-state index in [-0.39, 0.29) is 5.91 Å². The first kappa shape index (κ1) is 16.5. The first-order chi connectivity index (χ1) is 10.8. The maximum atomic E-state index is 11.7. The van der Waals surface area contributed by atoms with Crippen molar-refractivity contribution < 1.29 is 9.53 Å². The Labute approximate surface area is 139 Å². The lowest BCUT2D eigenvalue weighted by Crippen LogP contribution is -2.25. The Hall–Kier alpha value is -1.88. The number of nitrogens with zero attached hydrogens (tertiary/aromatic N) is 1. The molecule has 1 heterocycles. The molecule has 5 heteroatoms. The summed E-state index contributed by atoms with van der Waals surface area (Å²) in [5.41, 5.74) is 1.13. The quantitative estimate of drug-likeness (QED) is 0.732. The van der Waals surface area contributed by atoms with Crippen LogP contribution in [0, 0.1) is 0 Å². The summed E-state index contributed by atoms with van der Waals surface area (Å²) in [6.07, 6.45) is 5.52. The van der Waals surface area contributed by atoms with Crippen LogP contribution in [0.3, 0.4) is 0 Å². The molecular weight excluding hydrogens is 344 g/mol. The number of carbonyl (C=O) groups excluding carboxylic acids is 1. The van der Waals surface area contributed by atoms with Gasteiger partial charge < -0.3 is 10.1 Å². The topological polar surface area (TPSA) is 51.2 Å². The summed E-state index contributed by atoms with van der Waals surface area (Å²) in [6, 6.07) is 11.6. The molecule has 0 unspecified atom stereocenters. The van der Waals surface area contributed by atoms with Gasteiger partial charge in [0.2, 0.25) is 5.91 Å². The van der Waals surface area contributed by atoms with E-state index in [9.17, 15) is 4.79 Å². The van der Waals surface area contributed by atoms with Gasteiger partial charge in [-0.2, -0.15) is 0 Å². The summed E-state index contributed by atoms with van der Waals surface area (Å²) in [6.45, 7) is 1.16. The van der Waals surface area contributed by atoms with Crippen LogP contribution in [0.15, 0.2) is 53.3 Å². The zero-order valence-electron chi connectivity index (χ0n) is 12.3. The largest absolute Gasteiger partial charge is 0.492 e. The molecular formula is C17H19BrN2O2. The highest BCUT2D eigenvalue weighted by atomic mass is 79.9. The number of para-hydroxylation sites is 1. The normalized spacial score (nSPS) is 10.2. The molecule has 0 fully saturated rings. The Balaban J connectivity index is 1.57. The highest BCUT2D eigenvalue weighted by molar-refractivity contribution is 9.10. The minimum absolute atomic E-state index is 0.0552. The molecule has 1 aromatic carbocycles. The van der Waals surface area contributed by atoms with Gasteiger partial charge in [0.1, 0.15) is 5.75 Å². The molecule has 116 valence electrons. The van der Waals surface area contributed by atoms with E-state index in [4.69, 9.17) is 4.74 Å². The van der Waals surface area contributed by atoms with Crippen molar-refractivity contribution in [3.05, 3.63) is 58.8 Å². The fourth-order valence-electron chi connectivity index (χ4n) is 1.96. The molecule has 1 aromatic heterocycles. The van der Waals surface area contributed by atoms with Crippen molar-refractivity contribution in [2.75, 3.05) is 13.2 Å². The van der Waals surface area contributed by atoms with Crippen molar-refractivity contribution in [2.24, 2.45) is 0 Å². The Morgan fingerprint density at radius 1 is 1.23 bits per heavy atom. The van der Waals surface area contributed by atoms with Gasteiger partial charge in [0.15, 0.2) is 0 Å². The van der Waals surface area contributed by atoms with E-state index in [1.54, 1.807) is 6.20 Å². The molecule has 0 spiro atoms. The van der Waals surface area contributed by atoms with E-state index in [2.05, 4.69) is 26.2 Å². The van der Waals surface area contributed by atoms with E-state index < -0.39 is 0 Å². The molecule has 0 aliphatic heterocycles. The Kier molecular flexibility index (Phi) is 6.90. The van der Waals surface area contributed by atoms with Crippen molar-refractivity contribution >= 4 is 21.8 Å². The van der Waals surface area contributed by atoms with E-state index in [0.717, 1.165) is 22.2 Å². The molecule has 0 bridgehead atoms. The third-order valence-corrected chi connectivity index (χ3v) is 3.76. The Morgan fingerprint density at radius 3 is 2.86 bits per heavy atom. The summed E-state index contributed by atoms with van der Waals surface area (Å²) < 4.78 is 6.55. The van der Waals surface area contributed by atoms with Gasteiger partial charge in [-0.1, -0.05) is 18.2 Å². The SMILES string of the molecule is O=C(CCCOc1ccccc1Br)NCCc1cccnc1. The molecule has 2 aromatic rings. The monoisotopic (exact) mass is 362 g/mol. The second-order valence-electron chi connectivity index (χ2n) is 4.84. The van der Waals surface area contributed by atoms with Gasteiger partial charge in [-0.15, -0.1) is 0 Å². The average molecular weight is 363 g/mol. The number of hydrogen-bond donors (Lipinski definition) is 1. The van der Waals surface area contributed by atoms with Crippen molar-refractivity contribution in [2.45, 2.75) is 19.3 Å². The lowest BCUT2D eigenvalue weighted by atomic mass is 10.2. The molecule has 1 amide bonds. The number of nitrogens with one attached hydrogen (secondary N) is 1. The number of aromatic nitrogens is 1. The van der Waals surface area contributed by atoms with E-state index in [1.165, 1.54) is 0 Å². The zero-order valence-corrected chi connectivity index (χ0v) is 13.9. The van der Waals surface area contributed by atoms with Gasteiger partial charge in [0.25, 0.3) is 0 Å². The maximum absolute atomic E-state index is 11.7. The van der Waals surface area contributed by atoms with Gasteiger partial charge in [-0.05, 0) is 52.5 Å². The van der Waals surface area contributed by atoms with Gasteiger partial charge >= 0.3 is 0 Å². The fourth-order valence-corrected chi connectivity index (χ4v) is 2.36. The third kappa shape index (κ3) is 5.85. The van der Waals surface area contributed by atoms with Gasteiger partial charge in [0.05, 0.1) is 11.1 Å². The van der Waals surface area contributed by atoms with Crippen LogP contribution in [-0.2, 0) is 11.2 Å². The number of hydrogen-bond acceptors (Lipinski definition) is 3. The predicted molar refractivity (Wildman–Crippen MR) is 89.8 cm³/mol. The van der Waals surface area contributed by atoms with E-state index in [1.807, 2.05) is 42.6 Å². The highest BCUT2D eigenvalue weighted by Crippen LogP contribution is 2.23. The molecule has 0 aliphatic carbocycles. The number of benzene rings is 1. The van der Waals surface area contributed by atoms with Crippen LogP contribution in [0.5, 0.6) is 5.75 Å². The minimum Gasteiger partial charge on any atom is -0.492 e. The van der Waals surface area contributed by atoms with Crippen LogP contribution in [0.4, 0.5) is 0 Å². The van der Waals surface area contributed by atoms with E-state index >= 15 is 0 Å². The van der Waals surface area contributed by atoms with Gasteiger partial charge in [0, 0.05) is 25.4 Å². The molecule has 2 rings (SSSR count). The van der Waals surface area contributed by atoms with Crippen molar-refractivity contribution in [3.63, 3.8) is 0 Å². The summed E-state index contributed by atoms with van der Waals surface area (Å²) in [4.78, 5) is 15.8. The number of pyridine rings is 1. The molecule has 0 radical (unpaired) electrons. The van der Waals surface area contributed by atoms with Crippen molar-refractivity contribution in [1.82, 2.24) is 10.3 Å². The van der Waals surface area contributed by atoms with Crippen molar-refractivity contribution in [1.29, 1.82) is 0 Å². The number of carbonyl (C=O) groups is 1. The van der Waals surface area contributed by atoms with Crippen LogP contribution in [-0.4, -0.2) is 24.0 Å². The summed E-state index contributed by atoms with van der Waals surface area (Å²) >= 11 is 3.42. The Morgan fingerprint density at radius 2 is 2.09 bits per heavy atom. The lowest BCUT2D eigenvalue weighted by molar-refractivity contribution is -0.121. The van der Waals surface area contributed by atoms with E-state index in [0.29, 0.717) is 26.0 Å². The minimum atomic E-state index is 0.0552. The molecule has 4 nitrogen and oxygen atoms in total.